The van der Waals surface area contributed by atoms with Gasteiger partial charge in [-0.05, 0) is 69.8 Å². The lowest BCUT2D eigenvalue weighted by Crippen LogP contribution is -2.49. The van der Waals surface area contributed by atoms with Crippen LogP contribution in [0.25, 0.3) is 15.8 Å². The molecule has 5 aromatic rings. The lowest BCUT2D eigenvalue weighted by Gasteiger charge is -2.19. The minimum Gasteiger partial charge on any atom is -0.461 e. The Kier molecular flexibility index (Phi) is 9.80. The number of nitrogens with one attached hydrogen (secondary N) is 3. The highest BCUT2D eigenvalue weighted by molar-refractivity contribution is 7.20. The molecule has 230 valence electrons. The molecular formula is C31H28ClN7O5S. The highest BCUT2D eigenvalue weighted by Gasteiger charge is 2.26. The standard InChI is InChI=1S/C31H28ClN7O5S/c1-18(2)16-44-31(43)27-14-20-13-22(9-11-26(20)45-27)34-28(40)24(12-19-6-4-3-5-7-19)36-30(42)29(41)35-23-15-21(32)8-10-25(23)39-17-33-37-38-39/h3-11,13-15,17-18,24H,12,16H2,1-2H3,(H,34,40)(H,35,41)(H,36,42)/t24-/m0/s1. The Morgan fingerprint density at radius 1 is 0.956 bits per heavy atom. The summed E-state index contributed by atoms with van der Waals surface area (Å²) >= 11 is 7.42. The number of rotatable bonds is 10. The van der Waals surface area contributed by atoms with E-state index in [9.17, 15) is 19.2 Å². The number of anilines is 2. The molecule has 0 aliphatic carbocycles. The zero-order valence-electron chi connectivity index (χ0n) is 24.2. The zero-order valence-corrected chi connectivity index (χ0v) is 25.8. The van der Waals surface area contributed by atoms with Gasteiger partial charge >= 0.3 is 17.8 Å². The van der Waals surface area contributed by atoms with Crippen LogP contribution in [-0.4, -0.2) is 56.5 Å². The van der Waals surface area contributed by atoms with Gasteiger partial charge < -0.3 is 20.7 Å². The summed E-state index contributed by atoms with van der Waals surface area (Å²) in [6.07, 6.45) is 1.44. The van der Waals surface area contributed by atoms with Gasteiger partial charge in [0.2, 0.25) is 5.91 Å². The molecule has 0 spiro atoms. The van der Waals surface area contributed by atoms with E-state index in [1.165, 1.54) is 28.4 Å². The quantitative estimate of drug-likeness (QED) is 0.146. The van der Waals surface area contributed by atoms with Gasteiger partial charge in [-0.25, -0.2) is 4.79 Å². The second-order valence-corrected chi connectivity index (χ2v) is 12.0. The number of carbonyl (C=O) groups excluding carboxylic acids is 4. The molecule has 3 aromatic carbocycles. The summed E-state index contributed by atoms with van der Waals surface area (Å²) in [7, 11) is 0. The number of thiophene rings is 1. The maximum absolute atomic E-state index is 13.5. The monoisotopic (exact) mass is 645 g/mol. The number of ether oxygens (including phenoxy) is 1. The third-order valence-electron chi connectivity index (χ3n) is 6.45. The number of aromatic nitrogens is 4. The molecule has 0 aliphatic heterocycles. The number of esters is 1. The van der Waals surface area contributed by atoms with Crippen molar-refractivity contribution in [3.63, 3.8) is 0 Å². The van der Waals surface area contributed by atoms with Crippen LogP contribution in [0.3, 0.4) is 0 Å². The van der Waals surface area contributed by atoms with E-state index >= 15 is 0 Å². The molecule has 14 heteroatoms. The molecule has 0 bridgehead atoms. The highest BCUT2D eigenvalue weighted by atomic mass is 35.5. The summed E-state index contributed by atoms with van der Waals surface area (Å²) in [6.45, 7) is 4.24. The first-order valence-corrected chi connectivity index (χ1v) is 15.1. The van der Waals surface area contributed by atoms with E-state index in [0.29, 0.717) is 27.9 Å². The molecule has 0 saturated carbocycles. The number of fused-ring (bicyclic) bond motifs is 1. The fraction of sp³-hybridized carbons (Fsp3) is 0.194. The van der Waals surface area contributed by atoms with E-state index in [0.717, 1.165) is 15.6 Å². The smallest absolute Gasteiger partial charge is 0.348 e. The molecule has 0 aliphatic rings. The summed E-state index contributed by atoms with van der Waals surface area (Å²) in [4.78, 5) is 52.5. The number of benzene rings is 3. The van der Waals surface area contributed by atoms with E-state index in [-0.39, 0.29) is 18.0 Å². The first-order chi connectivity index (χ1) is 21.7. The van der Waals surface area contributed by atoms with Gasteiger partial charge in [0, 0.05) is 21.8 Å². The van der Waals surface area contributed by atoms with Gasteiger partial charge in [0.05, 0.1) is 18.0 Å². The number of hydrogen-bond donors (Lipinski definition) is 3. The van der Waals surface area contributed by atoms with Gasteiger partial charge in [-0.2, -0.15) is 4.68 Å². The second-order valence-electron chi connectivity index (χ2n) is 10.4. The van der Waals surface area contributed by atoms with Crippen molar-refractivity contribution in [2.75, 3.05) is 17.2 Å². The number of tetrazole rings is 1. The Morgan fingerprint density at radius 2 is 1.76 bits per heavy atom. The number of halogens is 1. The van der Waals surface area contributed by atoms with Crippen LogP contribution in [0.4, 0.5) is 11.4 Å². The normalized spacial score (nSPS) is 11.6. The molecule has 1 atom stereocenters. The van der Waals surface area contributed by atoms with Gasteiger partial charge in [0.15, 0.2) is 0 Å². The van der Waals surface area contributed by atoms with E-state index in [1.54, 1.807) is 36.4 Å². The van der Waals surface area contributed by atoms with Gasteiger partial charge in [-0.15, -0.1) is 16.4 Å². The van der Waals surface area contributed by atoms with Crippen molar-refractivity contribution >= 4 is 68.1 Å². The molecule has 12 nitrogen and oxygen atoms in total. The van der Waals surface area contributed by atoms with Crippen molar-refractivity contribution in [1.29, 1.82) is 0 Å². The second kappa shape index (κ2) is 14.1. The number of carbonyl (C=O) groups is 4. The average Bonchev–Trinajstić information content (AvgIpc) is 3.70. The molecule has 0 radical (unpaired) electrons. The minimum atomic E-state index is -1.11. The van der Waals surface area contributed by atoms with E-state index in [2.05, 4.69) is 31.5 Å². The van der Waals surface area contributed by atoms with Crippen molar-refractivity contribution in [3.05, 3.63) is 94.6 Å². The predicted octanol–water partition coefficient (Wildman–Crippen LogP) is 4.65. The topological polar surface area (TPSA) is 157 Å². The van der Waals surface area contributed by atoms with Gasteiger partial charge in [-0.3, -0.25) is 14.4 Å². The predicted molar refractivity (Wildman–Crippen MR) is 170 cm³/mol. The van der Waals surface area contributed by atoms with E-state index in [1.807, 2.05) is 44.2 Å². The summed E-state index contributed by atoms with van der Waals surface area (Å²) < 4.78 is 7.49. The third-order valence-corrected chi connectivity index (χ3v) is 7.78. The molecule has 5 rings (SSSR count). The van der Waals surface area contributed by atoms with E-state index in [4.69, 9.17) is 16.3 Å². The number of hydrogen-bond acceptors (Lipinski definition) is 9. The van der Waals surface area contributed by atoms with Crippen LogP contribution in [0.1, 0.15) is 29.1 Å². The fourth-order valence-corrected chi connectivity index (χ4v) is 5.42. The summed E-state index contributed by atoms with van der Waals surface area (Å²) in [5.41, 5.74) is 1.79. The van der Waals surface area contributed by atoms with Gasteiger partial charge in [0.25, 0.3) is 0 Å². The highest BCUT2D eigenvalue weighted by Crippen LogP contribution is 2.29. The minimum absolute atomic E-state index is 0.116. The first-order valence-electron chi connectivity index (χ1n) is 13.9. The molecule has 3 amide bonds. The van der Waals surface area contributed by atoms with Gasteiger partial charge in [0.1, 0.15) is 17.2 Å². The molecule has 45 heavy (non-hydrogen) atoms. The van der Waals surface area contributed by atoms with Crippen molar-refractivity contribution in [1.82, 2.24) is 25.5 Å². The van der Waals surface area contributed by atoms with Crippen LogP contribution in [0, 0.1) is 5.92 Å². The van der Waals surface area contributed by atoms with Crippen LogP contribution in [0.5, 0.6) is 0 Å². The summed E-state index contributed by atoms with van der Waals surface area (Å²) in [5, 5.41) is 20.0. The fourth-order valence-electron chi connectivity index (χ4n) is 4.31. The zero-order chi connectivity index (χ0) is 31.9. The molecule has 2 aromatic heterocycles. The Hall–Kier alpha value is -5.14. The molecule has 0 fully saturated rings. The Morgan fingerprint density at radius 3 is 2.49 bits per heavy atom. The maximum atomic E-state index is 13.5. The molecule has 0 saturated heterocycles. The SMILES string of the molecule is CC(C)COC(=O)c1cc2cc(NC(=O)[C@H](Cc3ccccc3)NC(=O)C(=O)Nc3cc(Cl)ccc3-n3cnnn3)ccc2s1. The van der Waals surface area contributed by atoms with E-state index < -0.39 is 29.7 Å². The summed E-state index contributed by atoms with van der Waals surface area (Å²) in [6, 6.07) is 19.5. The van der Waals surface area contributed by atoms with Gasteiger partial charge in [-0.1, -0.05) is 55.8 Å². The molecule has 0 unspecified atom stereocenters. The first kappa shape index (κ1) is 31.3. The van der Waals surface area contributed by atoms with Crippen LogP contribution in [0.15, 0.2) is 79.1 Å². The molecule has 3 N–H and O–H groups in total. The number of nitrogens with zero attached hydrogens (tertiary/aromatic N) is 4. The van der Waals surface area contributed by atoms with Crippen molar-refractivity contribution in [2.24, 2.45) is 5.92 Å². The average molecular weight is 646 g/mol. The largest absolute Gasteiger partial charge is 0.461 e. The Labute approximate surface area is 266 Å². The Balaban J connectivity index is 1.31. The van der Waals surface area contributed by atoms with Crippen molar-refractivity contribution in [2.45, 2.75) is 26.3 Å². The lowest BCUT2D eigenvalue weighted by molar-refractivity contribution is -0.137. The van der Waals surface area contributed by atoms with Crippen molar-refractivity contribution in [3.8, 4) is 5.69 Å². The number of amides is 3. The van der Waals surface area contributed by atoms with Crippen LogP contribution >= 0.6 is 22.9 Å². The molecule has 2 heterocycles. The summed E-state index contributed by atoms with van der Waals surface area (Å²) in [5.74, 6) is -2.78. The van der Waals surface area contributed by atoms with Crippen molar-refractivity contribution < 1.29 is 23.9 Å². The van der Waals surface area contributed by atoms with Crippen LogP contribution in [-0.2, 0) is 25.5 Å². The van der Waals surface area contributed by atoms with Crippen LogP contribution in [0.2, 0.25) is 5.02 Å². The van der Waals surface area contributed by atoms with Crippen LogP contribution < -0.4 is 16.0 Å². The Bertz CT molecular complexity index is 1840. The lowest BCUT2D eigenvalue weighted by atomic mass is 10.0. The third kappa shape index (κ3) is 8.08. The molecular weight excluding hydrogens is 618 g/mol. The maximum Gasteiger partial charge on any atom is 0.348 e.